The van der Waals surface area contributed by atoms with Crippen LogP contribution in [-0.4, -0.2) is 18.7 Å². The maximum atomic E-state index is 11.9. The Morgan fingerprint density at radius 1 is 1.03 bits per heavy atom. The lowest BCUT2D eigenvalue weighted by Crippen LogP contribution is -2.57. The van der Waals surface area contributed by atoms with Crippen molar-refractivity contribution in [2.45, 2.75) is 97.0 Å². The Kier molecular flexibility index (Phi) is 5.07. The largest absolute Gasteiger partial charge is 0.494 e. The third kappa shape index (κ3) is 3.18. The van der Waals surface area contributed by atoms with Gasteiger partial charge in [0.05, 0.1) is 11.2 Å². The standard InChI is InChI=1S/C26H38O3/c1-18(27)28-17-26-19(7-5-11-24(26)29-20-8-3-4-9-20)12-13-21-22-10-6-15-25(22,2)16-14-23(21)26/h7-8,21-24H,3-6,9-17H2,1-2H3/t21-,22-,23-,24?,25-,26-/m0/s1. The zero-order valence-electron chi connectivity index (χ0n) is 18.4. The van der Waals surface area contributed by atoms with Crippen molar-refractivity contribution < 1.29 is 14.3 Å². The van der Waals surface area contributed by atoms with Gasteiger partial charge in [0, 0.05) is 13.3 Å². The van der Waals surface area contributed by atoms with Crippen LogP contribution in [0.5, 0.6) is 0 Å². The van der Waals surface area contributed by atoms with E-state index in [1.165, 1.54) is 57.1 Å². The topological polar surface area (TPSA) is 35.5 Å². The number of esters is 1. The maximum absolute atomic E-state index is 11.9. The van der Waals surface area contributed by atoms with E-state index in [1.54, 1.807) is 12.5 Å². The third-order valence-corrected chi connectivity index (χ3v) is 9.43. The Labute approximate surface area is 176 Å². The van der Waals surface area contributed by atoms with E-state index >= 15 is 0 Å². The lowest BCUT2D eigenvalue weighted by Gasteiger charge is -2.60. The van der Waals surface area contributed by atoms with Crippen LogP contribution in [0.25, 0.3) is 0 Å². The normalized spacial score (nSPS) is 43.5. The van der Waals surface area contributed by atoms with E-state index in [0.717, 1.165) is 37.5 Å². The maximum Gasteiger partial charge on any atom is 0.302 e. The van der Waals surface area contributed by atoms with Crippen molar-refractivity contribution in [3.63, 3.8) is 0 Å². The third-order valence-electron chi connectivity index (χ3n) is 9.43. The number of fused-ring (bicyclic) bond motifs is 5. The van der Waals surface area contributed by atoms with Crippen LogP contribution in [0.3, 0.4) is 0 Å². The molecule has 0 aromatic rings. The van der Waals surface area contributed by atoms with Gasteiger partial charge in [-0.15, -0.1) is 0 Å². The summed E-state index contributed by atoms with van der Waals surface area (Å²) in [5.41, 5.74) is 2.00. The molecular weight excluding hydrogens is 360 g/mol. The molecule has 3 fully saturated rings. The van der Waals surface area contributed by atoms with E-state index in [1.807, 2.05) is 0 Å². The van der Waals surface area contributed by atoms with E-state index in [9.17, 15) is 4.79 Å². The highest BCUT2D eigenvalue weighted by Gasteiger charge is 2.61. The van der Waals surface area contributed by atoms with Crippen LogP contribution in [0.1, 0.15) is 90.9 Å². The number of allylic oxidation sites excluding steroid dienone is 3. The minimum Gasteiger partial charge on any atom is -0.494 e. The Balaban J connectivity index is 1.52. The van der Waals surface area contributed by atoms with Gasteiger partial charge in [0.2, 0.25) is 0 Å². The van der Waals surface area contributed by atoms with Gasteiger partial charge < -0.3 is 9.47 Å². The van der Waals surface area contributed by atoms with Crippen LogP contribution in [0.15, 0.2) is 23.5 Å². The predicted octanol–water partition coefficient (Wildman–Crippen LogP) is 6.34. The van der Waals surface area contributed by atoms with Gasteiger partial charge in [-0.2, -0.15) is 0 Å². The fraction of sp³-hybridized carbons (Fsp3) is 0.808. The molecule has 6 atom stereocenters. The molecule has 0 heterocycles. The molecule has 29 heavy (non-hydrogen) atoms. The molecule has 0 aromatic carbocycles. The number of ether oxygens (including phenoxy) is 2. The highest BCUT2D eigenvalue weighted by molar-refractivity contribution is 5.66. The minimum absolute atomic E-state index is 0.0970. The SMILES string of the molecule is CC(=O)OC[C@@]12C(=CCCC1OC1=CCCC1)CC[C@H]1[C@@H]3CCC[C@@]3(C)CC[C@@H]12. The molecule has 0 saturated heterocycles. The molecule has 0 radical (unpaired) electrons. The van der Waals surface area contributed by atoms with Crippen LogP contribution in [0.2, 0.25) is 0 Å². The summed E-state index contributed by atoms with van der Waals surface area (Å²) < 4.78 is 12.6. The highest BCUT2D eigenvalue weighted by atomic mass is 16.5. The number of rotatable bonds is 4. The van der Waals surface area contributed by atoms with Gasteiger partial charge in [-0.1, -0.05) is 25.0 Å². The molecule has 0 bridgehead atoms. The van der Waals surface area contributed by atoms with E-state index in [4.69, 9.17) is 9.47 Å². The molecule has 0 N–H and O–H groups in total. The molecule has 5 aliphatic carbocycles. The zero-order valence-corrected chi connectivity index (χ0v) is 18.4. The number of hydrogen-bond donors (Lipinski definition) is 0. The smallest absolute Gasteiger partial charge is 0.302 e. The first-order chi connectivity index (χ1) is 14.0. The monoisotopic (exact) mass is 398 g/mol. The van der Waals surface area contributed by atoms with E-state index < -0.39 is 0 Å². The fourth-order valence-electron chi connectivity index (χ4n) is 8.13. The molecule has 3 nitrogen and oxygen atoms in total. The summed E-state index contributed by atoms with van der Waals surface area (Å²) in [6.07, 6.45) is 19.9. The van der Waals surface area contributed by atoms with E-state index in [2.05, 4.69) is 19.1 Å². The summed E-state index contributed by atoms with van der Waals surface area (Å²) in [7, 11) is 0. The Morgan fingerprint density at radius 2 is 1.93 bits per heavy atom. The van der Waals surface area contributed by atoms with Crippen LogP contribution >= 0.6 is 0 Å². The molecule has 160 valence electrons. The van der Waals surface area contributed by atoms with Gasteiger partial charge in [-0.25, -0.2) is 0 Å². The van der Waals surface area contributed by atoms with Crippen molar-refractivity contribution in [1.29, 1.82) is 0 Å². The summed E-state index contributed by atoms with van der Waals surface area (Å²) in [6.45, 7) is 4.65. The molecular formula is C26H38O3. The van der Waals surface area contributed by atoms with E-state index in [0.29, 0.717) is 17.9 Å². The summed E-state index contributed by atoms with van der Waals surface area (Å²) in [5, 5.41) is 0. The molecule has 3 saturated carbocycles. The van der Waals surface area contributed by atoms with Gasteiger partial charge in [0.25, 0.3) is 0 Å². The molecule has 0 aliphatic heterocycles. The van der Waals surface area contributed by atoms with Crippen LogP contribution in [0, 0.1) is 28.6 Å². The summed E-state index contributed by atoms with van der Waals surface area (Å²) >= 11 is 0. The van der Waals surface area contributed by atoms with Gasteiger partial charge in [0.1, 0.15) is 12.7 Å². The number of hydrogen-bond acceptors (Lipinski definition) is 3. The van der Waals surface area contributed by atoms with Crippen molar-refractivity contribution in [2.24, 2.45) is 28.6 Å². The first-order valence-corrected chi connectivity index (χ1v) is 12.2. The molecule has 0 spiro atoms. The molecule has 3 heteroatoms. The van der Waals surface area contributed by atoms with Crippen molar-refractivity contribution in [2.75, 3.05) is 6.61 Å². The van der Waals surface area contributed by atoms with Crippen molar-refractivity contribution in [3.05, 3.63) is 23.5 Å². The quantitative estimate of drug-likeness (QED) is 0.410. The van der Waals surface area contributed by atoms with Crippen LogP contribution in [-0.2, 0) is 14.3 Å². The first kappa shape index (κ1) is 19.7. The second-order valence-electron chi connectivity index (χ2n) is 10.8. The lowest BCUT2D eigenvalue weighted by molar-refractivity contribution is -0.161. The molecule has 5 rings (SSSR count). The molecule has 1 unspecified atom stereocenters. The van der Waals surface area contributed by atoms with Gasteiger partial charge >= 0.3 is 5.97 Å². The molecule has 0 amide bonds. The lowest BCUT2D eigenvalue weighted by atomic mass is 9.46. The van der Waals surface area contributed by atoms with Gasteiger partial charge in [0.15, 0.2) is 0 Å². The van der Waals surface area contributed by atoms with E-state index in [-0.39, 0.29) is 17.5 Å². The molecule has 5 aliphatic rings. The Hall–Kier alpha value is -1.25. The van der Waals surface area contributed by atoms with Crippen molar-refractivity contribution in [1.82, 2.24) is 0 Å². The average Bonchev–Trinajstić information content (AvgIpc) is 3.35. The fourth-order valence-corrected chi connectivity index (χ4v) is 8.13. The number of carbonyl (C=O) groups excluding carboxylic acids is 1. The summed E-state index contributed by atoms with van der Waals surface area (Å²) in [4.78, 5) is 11.9. The second kappa shape index (κ2) is 7.46. The predicted molar refractivity (Wildman–Crippen MR) is 114 cm³/mol. The Morgan fingerprint density at radius 3 is 2.72 bits per heavy atom. The van der Waals surface area contributed by atoms with Crippen LogP contribution < -0.4 is 0 Å². The first-order valence-electron chi connectivity index (χ1n) is 12.2. The number of carbonyl (C=O) groups is 1. The minimum atomic E-state index is -0.147. The molecule has 0 aromatic heterocycles. The highest BCUT2D eigenvalue weighted by Crippen LogP contribution is 2.66. The Bertz CT molecular complexity index is 721. The van der Waals surface area contributed by atoms with Gasteiger partial charge in [-0.05, 0) is 93.5 Å². The van der Waals surface area contributed by atoms with Crippen molar-refractivity contribution >= 4 is 5.97 Å². The zero-order chi connectivity index (χ0) is 20.1. The van der Waals surface area contributed by atoms with Crippen molar-refractivity contribution in [3.8, 4) is 0 Å². The summed E-state index contributed by atoms with van der Waals surface area (Å²) in [5.74, 6) is 3.27. The second-order valence-corrected chi connectivity index (χ2v) is 10.8. The van der Waals surface area contributed by atoms with Crippen LogP contribution in [0.4, 0.5) is 0 Å². The van der Waals surface area contributed by atoms with Gasteiger partial charge in [-0.3, -0.25) is 4.79 Å². The average molecular weight is 399 g/mol. The summed E-state index contributed by atoms with van der Waals surface area (Å²) in [6, 6.07) is 0.